The third kappa shape index (κ3) is 2.99. The van der Waals surface area contributed by atoms with E-state index in [9.17, 15) is 13.2 Å². The lowest BCUT2D eigenvalue weighted by atomic mass is 10.0. The lowest BCUT2D eigenvalue weighted by molar-refractivity contribution is -0.138. The quantitative estimate of drug-likeness (QED) is 0.405. The van der Waals surface area contributed by atoms with Gasteiger partial charge in [-0.15, -0.1) is 0 Å². The molecule has 4 aromatic rings. The number of halogens is 3. The average molecular weight is 379 g/mol. The second-order valence-corrected chi connectivity index (χ2v) is 6.46. The van der Waals surface area contributed by atoms with Crippen LogP contribution in [0.1, 0.15) is 24.6 Å². The normalized spacial score (nSPS) is 11.6. The molecule has 0 aliphatic heterocycles. The number of alkyl halides is 3. The van der Waals surface area contributed by atoms with Gasteiger partial charge < -0.3 is 4.57 Å². The molecule has 0 unspecified atom stereocenters. The summed E-state index contributed by atoms with van der Waals surface area (Å²) in [4.78, 5) is 8.16. The minimum atomic E-state index is -4.52. The van der Waals surface area contributed by atoms with Crippen molar-refractivity contribution >= 4 is 21.8 Å². The maximum Gasteiger partial charge on any atom is 0.419 e. The zero-order valence-electron chi connectivity index (χ0n) is 15.3. The van der Waals surface area contributed by atoms with E-state index < -0.39 is 11.7 Å². The zero-order chi connectivity index (χ0) is 19.9. The van der Waals surface area contributed by atoms with Gasteiger partial charge in [-0.2, -0.15) is 13.2 Å². The predicted octanol–water partition coefficient (Wildman–Crippen LogP) is 5.57. The van der Waals surface area contributed by atoms with Crippen molar-refractivity contribution in [2.24, 2.45) is 7.05 Å². The summed E-state index contributed by atoms with van der Waals surface area (Å²) in [6.07, 6.45) is 0.906. The fraction of sp³-hybridized carbons (Fsp3) is 0.182. The van der Waals surface area contributed by atoms with Gasteiger partial charge in [-0.05, 0) is 29.7 Å². The van der Waals surface area contributed by atoms with Gasteiger partial charge >= 0.3 is 6.18 Å². The van der Waals surface area contributed by atoms with Gasteiger partial charge in [-0.1, -0.05) is 25.0 Å². The van der Waals surface area contributed by atoms with Crippen LogP contribution in [0.2, 0.25) is 0 Å². The number of rotatable bonds is 1. The van der Waals surface area contributed by atoms with Gasteiger partial charge in [0.25, 0.3) is 0 Å². The smallest absolute Gasteiger partial charge is 0.343 e. The van der Waals surface area contributed by atoms with Crippen LogP contribution in [0.15, 0.2) is 48.9 Å². The number of aromatic nitrogens is 3. The molecule has 0 amide bonds. The molecule has 0 N–H and O–H groups in total. The molecule has 3 nitrogen and oxygen atoms in total. The number of nitrogens with zero attached hydrogens (tertiary/aromatic N) is 3. The Morgan fingerprint density at radius 1 is 1.00 bits per heavy atom. The molecule has 0 bridgehead atoms. The average Bonchev–Trinajstić information content (AvgIpc) is 2.98. The van der Waals surface area contributed by atoms with Gasteiger partial charge in [0.15, 0.2) is 0 Å². The lowest BCUT2D eigenvalue weighted by Gasteiger charge is -2.11. The highest BCUT2D eigenvalue weighted by molar-refractivity contribution is 6.08. The fourth-order valence-electron chi connectivity index (χ4n) is 3.34. The Bertz CT molecular complexity index is 1260. The van der Waals surface area contributed by atoms with E-state index in [1.54, 1.807) is 19.3 Å². The van der Waals surface area contributed by atoms with E-state index in [1.807, 2.05) is 35.9 Å². The summed E-state index contributed by atoms with van der Waals surface area (Å²) in [5.74, 6) is 5.17. The molecule has 0 atom stereocenters. The predicted molar refractivity (Wildman–Crippen MR) is 104 cm³/mol. The number of hydrogen-bond acceptors (Lipinski definition) is 2. The van der Waals surface area contributed by atoms with Crippen LogP contribution >= 0.6 is 0 Å². The maximum atomic E-state index is 13.5. The lowest BCUT2D eigenvalue weighted by Crippen LogP contribution is -2.09. The number of fused-ring (bicyclic) bond motifs is 3. The Labute approximate surface area is 159 Å². The molecule has 1 aromatic carbocycles. The van der Waals surface area contributed by atoms with Crippen LogP contribution < -0.4 is 0 Å². The number of pyridine rings is 2. The van der Waals surface area contributed by atoms with Gasteiger partial charge in [0.05, 0.1) is 11.1 Å². The summed E-state index contributed by atoms with van der Waals surface area (Å²) in [7, 11) is 1.93. The van der Waals surface area contributed by atoms with E-state index in [-0.39, 0.29) is 5.69 Å². The topological polar surface area (TPSA) is 30.7 Å². The Morgan fingerprint density at radius 3 is 2.57 bits per heavy atom. The van der Waals surface area contributed by atoms with E-state index in [1.165, 1.54) is 6.20 Å². The number of benzene rings is 1. The van der Waals surface area contributed by atoms with Crippen LogP contribution in [-0.4, -0.2) is 14.5 Å². The van der Waals surface area contributed by atoms with Crippen molar-refractivity contribution in [2.45, 2.75) is 19.5 Å². The Hall–Kier alpha value is -3.33. The van der Waals surface area contributed by atoms with Crippen LogP contribution in [0.5, 0.6) is 0 Å². The highest BCUT2D eigenvalue weighted by Crippen LogP contribution is 2.35. The van der Waals surface area contributed by atoms with Crippen molar-refractivity contribution in [3.05, 3.63) is 60.2 Å². The summed E-state index contributed by atoms with van der Waals surface area (Å²) in [5, 5.41) is 2.01. The second kappa shape index (κ2) is 6.68. The van der Waals surface area contributed by atoms with Crippen LogP contribution in [0.4, 0.5) is 13.2 Å². The van der Waals surface area contributed by atoms with E-state index in [0.717, 1.165) is 27.9 Å². The van der Waals surface area contributed by atoms with Crippen molar-refractivity contribution < 1.29 is 13.2 Å². The summed E-state index contributed by atoms with van der Waals surface area (Å²) >= 11 is 0. The molecule has 0 radical (unpaired) electrons. The van der Waals surface area contributed by atoms with Gasteiger partial charge in [0.1, 0.15) is 5.69 Å². The van der Waals surface area contributed by atoms with Gasteiger partial charge in [0, 0.05) is 53.9 Å². The first-order valence-corrected chi connectivity index (χ1v) is 8.78. The van der Waals surface area contributed by atoms with E-state index in [2.05, 4.69) is 21.8 Å². The standard InChI is InChI=1S/C22H16F3N3/c1-3-4-5-19-18(22(23,24)25)10-15(12-27-19)14-6-7-16-17-13-26-9-8-20(17)28(2)21(16)11-14/h6-13H,3H2,1-2H3. The van der Waals surface area contributed by atoms with E-state index in [4.69, 9.17) is 0 Å². The Morgan fingerprint density at radius 2 is 1.82 bits per heavy atom. The molecule has 0 aliphatic rings. The molecule has 3 aromatic heterocycles. The monoisotopic (exact) mass is 379 g/mol. The molecule has 4 rings (SSSR count). The Balaban J connectivity index is 1.90. The fourth-order valence-corrected chi connectivity index (χ4v) is 3.34. The van der Waals surface area contributed by atoms with Crippen LogP contribution in [0, 0.1) is 11.8 Å². The van der Waals surface area contributed by atoms with Crippen molar-refractivity contribution in [1.29, 1.82) is 0 Å². The molecular weight excluding hydrogens is 363 g/mol. The summed E-state index contributed by atoms with van der Waals surface area (Å²) in [6, 6.07) is 8.64. The first-order chi connectivity index (χ1) is 13.4. The molecule has 0 saturated heterocycles. The molecule has 0 fully saturated rings. The molecule has 0 aliphatic carbocycles. The highest BCUT2D eigenvalue weighted by Gasteiger charge is 2.34. The third-order valence-electron chi connectivity index (χ3n) is 4.72. The molecule has 3 heterocycles. The SMILES string of the molecule is CCC#Cc1ncc(-c2ccc3c4cnccc4n(C)c3c2)cc1C(F)(F)F. The largest absolute Gasteiger partial charge is 0.419 e. The van der Waals surface area contributed by atoms with Crippen molar-refractivity contribution in [3.63, 3.8) is 0 Å². The van der Waals surface area contributed by atoms with Crippen molar-refractivity contribution in [2.75, 3.05) is 0 Å². The van der Waals surface area contributed by atoms with Crippen LogP contribution in [-0.2, 0) is 13.2 Å². The summed E-state index contributed by atoms with van der Waals surface area (Å²) in [6.45, 7) is 1.78. The number of aryl methyl sites for hydroxylation is 1. The van der Waals surface area contributed by atoms with Crippen LogP contribution in [0.3, 0.4) is 0 Å². The molecule has 0 saturated carbocycles. The summed E-state index contributed by atoms with van der Waals surface area (Å²) < 4.78 is 42.5. The van der Waals surface area contributed by atoms with Crippen molar-refractivity contribution in [1.82, 2.24) is 14.5 Å². The molecule has 28 heavy (non-hydrogen) atoms. The summed E-state index contributed by atoms with van der Waals surface area (Å²) in [5.41, 5.74) is 1.95. The first kappa shape index (κ1) is 18.1. The van der Waals surface area contributed by atoms with E-state index in [0.29, 0.717) is 17.5 Å². The minimum absolute atomic E-state index is 0.241. The van der Waals surface area contributed by atoms with Gasteiger partial charge in [0.2, 0.25) is 0 Å². The van der Waals surface area contributed by atoms with Crippen LogP contribution in [0.25, 0.3) is 32.9 Å². The van der Waals surface area contributed by atoms with E-state index >= 15 is 0 Å². The maximum absolute atomic E-state index is 13.5. The molecular formula is C22H16F3N3. The zero-order valence-corrected chi connectivity index (χ0v) is 15.3. The molecule has 140 valence electrons. The Kier molecular flexibility index (Phi) is 4.31. The first-order valence-electron chi connectivity index (χ1n) is 8.78. The van der Waals surface area contributed by atoms with Gasteiger partial charge in [-0.3, -0.25) is 4.98 Å². The van der Waals surface area contributed by atoms with Crippen molar-refractivity contribution in [3.8, 4) is 23.0 Å². The second-order valence-electron chi connectivity index (χ2n) is 6.46. The molecule has 6 heteroatoms. The number of hydrogen-bond donors (Lipinski definition) is 0. The highest BCUT2D eigenvalue weighted by atomic mass is 19.4. The molecule has 0 spiro atoms. The minimum Gasteiger partial charge on any atom is -0.343 e. The van der Waals surface area contributed by atoms with Gasteiger partial charge in [-0.25, -0.2) is 4.98 Å². The third-order valence-corrected chi connectivity index (χ3v) is 4.72.